The zero-order chi connectivity index (χ0) is 13.9. The fourth-order valence-corrected chi connectivity index (χ4v) is 3.85. The second-order valence-corrected chi connectivity index (χ2v) is 6.99. The number of nitrogens with one attached hydrogen (secondary N) is 2. The second kappa shape index (κ2) is 5.48. The largest absolute Gasteiger partial charge is 0.399 e. The van der Waals surface area contributed by atoms with Gasteiger partial charge >= 0.3 is 6.03 Å². The Morgan fingerprint density at radius 2 is 2.21 bits per heavy atom. The van der Waals surface area contributed by atoms with Crippen LogP contribution in [0.2, 0.25) is 0 Å². The van der Waals surface area contributed by atoms with E-state index in [0.29, 0.717) is 24.2 Å². The minimum absolute atomic E-state index is 0.149. The number of sulfone groups is 1. The number of carbonyl (C=O) groups excluding carboxylic acids is 1. The standard InChI is InChI=1S/C12H17N3O3S/c13-9-3-1-4-10(7-9)15-12(16)14-8-11-5-2-6-19(11,17)18/h1,3-4,7,11H,2,5-6,8,13H2,(H2,14,15,16). The van der Waals surface area contributed by atoms with E-state index in [0.717, 1.165) is 0 Å². The van der Waals surface area contributed by atoms with E-state index in [4.69, 9.17) is 5.73 Å². The molecule has 1 heterocycles. The van der Waals surface area contributed by atoms with E-state index >= 15 is 0 Å². The Morgan fingerprint density at radius 3 is 2.84 bits per heavy atom. The first-order valence-corrected chi connectivity index (χ1v) is 7.81. The highest BCUT2D eigenvalue weighted by molar-refractivity contribution is 7.92. The Balaban J connectivity index is 1.85. The average molecular weight is 283 g/mol. The van der Waals surface area contributed by atoms with Gasteiger partial charge in [0.15, 0.2) is 9.84 Å². The van der Waals surface area contributed by atoms with Crippen molar-refractivity contribution in [2.24, 2.45) is 0 Å². The number of anilines is 2. The van der Waals surface area contributed by atoms with Crippen molar-refractivity contribution < 1.29 is 13.2 Å². The molecule has 0 aliphatic carbocycles. The number of urea groups is 1. The highest BCUT2D eigenvalue weighted by Gasteiger charge is 2.31. The van der Waals surface area contributed by atoms with Gasteiger partial charge < -0.3 is 16.4 Å². The van der Waals surface area contributed by atoms with E-state index in [1.807, 2.05) is 0 Å². The maximum atomic E-state index is 11.6. The van der Waals surface area contributed by atoms with Gasteiger partial charge in [0.25, 0.3) is 0 Å². The molecule has 6 nitrogen and oxygen atoms in total. The quantitative estimate of drug-likeness (QED) is 0.719. The average Bonchev–Trinajstić information content (AvgIpc) is 2.66. The van der Waals surface area contributed by atoms with Crippen LogP contribution in [0.5, 0.6) is 0 Å². The van der Waals surface area contributed by atoms with Crippen molar-refractivity contribution in [2.75, 3.05) is 23.3 Å². The van der Waals surface area contributed by atoms with Gasteiger partial charge in [0, 0.05) is 17.9 Å². The van der Waals surface area contributed by atoms with Crippen LogP contribution in [0.1, 0.15) is 12.8 Å². The predicted octanol–water partition coefficient (Wildman–Crippen LogP) is 0.967. The Labute approximate surface area is 112 Å². The van der Waals surface area contributed by atoms with Gasteiger partial charge in [-0.3, -0.25) is 0 Å². The summed E-state index contributed by atoms with van der Waals surface area (Å²) in [5.74, 6) is 0.218. The van der Waals surface area contributed by atoms with Crippen LogP contribution in [0.3, 0.4) is 0 Å². The third kappa shape index (κ3) is 3.60. The molecule has 0 aromatic heterocycles. The number of nitrogen functional groups attached to an aromatic ring is 1. The Morgan fingerprint density at radius 1 is 1.42 bits per heavy atom. The number of amides is 2. The molecule has 1 saturated heterocycles. The van der Waals surface area contributed by atoms with Crippen LogP contribution in [-0.2, 0) is 9.84 Å². The van der Waals surface area contributed by atoms with E-state index in [9.17, 15) is 13.2 Å². The molecule has 1 fully saturated rings. The van der Waals surface area contributed by atoms with Crippen molar-refractivity contribution in [2.45, 2.75) is 18.1 Å². The fraction of sp³-hybridized carbons (Fsp3) is 0.417. The Bertz CT molecular complexity index is 571. The maximum absolute atomic E-state index is 11.6. The minimum atomic E-state index is -3.02. The Kier molecular flexibility index (Phi) is 3.94. The maximum Gasteiger partial charge on any atom is 0.319 e. The summed E-state index contributed by atoms with van der Waals surface area (Å²) >= 11 is 0. The normalized spacial score (nSPS) is 20.9. The number of benzene rings is 1. The molecule has 1 aromatic rings. The number of nitrogens with two attached hydrogens (primary N) is 1. The molecule has 7 heteroatoms. The van der Waals surface area contributed by atoms with Gasteiger partial charge in [0.05, 0.1) is 11.0 Å². The summed E-state index contributed by atoms with van der Waals surface area (Å²) in [5, 5.41) is 4.73. The molecule has 0 saturated carbocycles. The number of rotatable bonds is 3. The monoisotopic (exact) mass is 283 g/mol. The lowest BCUT2D eigenvalue weighted by Crippen LogP contribution is -2.37. The van der Waals surface area contributed by atoms with E-state index in [1.54, 1.807) is 24.3 Å². The summed E-state index contributed by atoms with van der Waals surface area (Å²) in [7, 11) is -3.02. The van der Waals surface area contributed by atoms with Crippen molar-refractivity contribution in [1.29, 1.82) is 0 Å². The number of hydrogen-bond acceptors (Lipinski definition) is 4. The molecule has 1 atom stereocenters. The van der Waals surface area contributed by atoms with Gasteiger partial charge in [0.1, 0.15) is 0 Å². The SMILES string of the molecule is Nc1cccc(NC(=O)NCC2CCCS2(=O)=O)c1. The molecule has 1 aromatic carbocycles. The van der Waals surface area contributed by atoms with Crippen molar-refractivity contribution >= 4 is 27.2 Å². The molecule has 0 bridgehead atoms. The zero-order valence-corrected chi connectivity index (χ0v) is 11.2. The highest BCUT2D eigenvalue weighted by Crippen LogP contribution is 2.19. The van der Waals surface area contributed by atoms with Crippen LogP contribution in [-0.4, -0.2) is 32.0 Å². The van der Waals surface area contributed by atoms with E-state index in [-0.39, 0.29) is 12.3 Å². The fourth-order valence-electron chi connectivity index (χ4n) is 2.09. The first-order chi connectivity index (χ1) is 8.97. The zero-order valence-electron chi connectivity index (χ0n) is 10.4. The lowest BCUT2D eigenvalue weighted by Gasteiger charge is -2.12. The topological polar surface area (TPSA) is 101 Å². The molecular formula is C12H17N3O3S. The van der Waals surface area contributed by atoms with Crippen molar-refractivity contribution in [1.82, 2.24) is 5.32 Å². The van der Waals surface area contributed by atoms with Crippen LogP contribution < -0.4 is 16.4 Å². The molecule has 104 valence electrons. The predicted molar refractivity (Wildman–Crippen MR) is 74.7 cm³/mol. The van der Waals surface area contributed by atoms with Gasteiger partial charge in [-0.05, 0) is 31.0 Å². The van der Waals surface area contributed by atoms with Gasteiger partial charge in [-0.15, -0.1) is 0 Å². The lowest BCUT2D eigenvalue weighted by atomic mass is 10.2. The molecule has 19 heavy (non-hydrogen) atoms. The van der Waals surface area contributed by atoms with Gasteiger partial charge in [0.2, 0.25) is 0 Å². The summed E-state index contributed by atoms with van der Waals surface area (Å²) in [5.41, 5.74) is 6.72. The van der Waals surface area contributed by atoms with Gasteiger partial charge in [-0.25, -0.2) is 13.2 Å². The summed E-state index contributed by atoms with van der Waals surface area (Å²) < 4.78 is 23.2. The minimum Gasteiger partial charge on any atom is -0.399 e. The number of hydrogen-bond donors (Lipinski definition) is 3. The molecule has 1 aliphatic heterocycles. The van der Waals surface area contributed by atoms with Crippen LogP contribution in [0.25, 0.3) is 0 Å². The third-order valence-electron chi connectivity index (χ3n) is 3.10. The van der Waals surface area contributed by atoms with E-state index in [1.165, 1.54) is 0 Å². The first kappa shape index (κ1) is 13.7. The van der Waals surface area contributed by atoms with Crippen molar-refractivity contribution in [3.05, 3.63) is 24.3 Å². The van der Waals surface area contributed by atoms with Crippen LogP contribution >= 0.6 is 0 Å². The molecular weight excluding hydrogens is 266 g/mol. The van der Waals surface area contributed by atoms with Crippen LogP contribution in [0.15, 0.2) is 24.3 Å². The molecule has 2 amide bonds. The van der Waals surface area contributed by atoms with Crippen molar-refractivity contribution in [3.8, 4) is 0 Å². The Hall–Kier alpha value is -1.76. The van der Waals surface area contributed by atoms with Crippen LogP contribution in [0, 0.1) is 0 Å². The molecule has 1 unspecified atom stereocenters. The summed E-state index contributed by atoms with van der Waals surface area (Å²) in [6.07, 6.45) is 1.28. The molecule has 4 N–H and O–H groups in total. The summed E-state index contributed by atoms with van der Waals surface area (Å²) in [6, 6.07) is 6.36. The van der Waals surface area contributed by atoms with Crippen molar-refractivity contribution in [3.63, 3.8) is 0 Å². The molecule has 1 aliphatic rings. The lowest BCUT2D eigenvalue weighted by molar-refractivity contribution is 0.252. The highest BCUT2D eigenvalue weighted by atomic mass is 32.2. The van der Waals surface area contributed by atoms with Gasteiger partial charge in [-0.2, -0.15) is 0 Å². The van der Waals surface area contributed by atoms with E-state index < -0.39 is 21.1 Å². The number of carbonyl (C=O) groups is 1. The van der Waals surface area contributed by atoms with Gasteiger partial charge in [-0.1, -0.05) is 6.07 Å². The first-order valence-electron chi connectivity index (χ1n) is 6.09. The third-order valence-corrected chi connectivity index (χ3v) is 5.37. The smallest absolute Gasteiger partial charge is 0.319 e. The molecule has 0 spiro atoms. The molecule has 0 radical (unpaired) electrons. The second-order valence-electron chi connectivity index (χ2n) is 4.59. The summed E-state index contributed by atoms with van der Waals surface area (Å²) in [6.45, 7) is 0.149. The van der Waals surface area contributed by atoms with Crippen LogP contribution in [0.4, 0.5) is 16.2 Å². The molecule has 2 rings (SSSR count). The van der Waals surface area contributed by atoms with E-state index in [2.05, 4.69) is 10.6 Å². The summed E-state index contributed by atoms with van der Waals surface area (Å²) in [4.78, 5) is 11.6.